The van der Waals surface area contributed by atoms with E-state index in [4.69, 9.17) is 4.79 Å². The van der Waals surface area contributed by atoms with Gasteiger partial charge in [0, 0.05) is 36.2 Å². The summed E-state index contributed by atoms with van der Waals surface area (Å²) in [7, 11) is 0. The molecule has 2 amide bonds. The maximum atomic E-state index is 10.7. The predicted octanol–water partition coefficient (Wildman–Crippen LogP) is 4.39. The van der Waals surface area contributed by atoms with E-state index in [2.05, 4.69) is 55.0 Å². The van der Waals surface area contributed by atoms with Crippen molar-refractivity contribution in [2.24, 2.45) is 11.8 Å². The summed E-state index contributed by atoms with van der Waals surface area (Å²) in [5.41, 5.74) is 7.11. The summed E-state index contributed by atoms with van der Waals surface area (Å²) in [5.74, 6) is 0.508. The van der Waals surface area contributed by atoms with Crippen molar-refractivity contribution in [3.8, 4) is 0 Å². The zero-order chi connectivity index (χ0) is 25.3. The Kier molecular flexibility index (Phi) is 11.0. The number of nitrogens with zero attached hydrogens (tertiary/aromatic N) is 1. The van der Waals surface area contributed by atoms with E-state index in [0.29, 0.717) is 18.9 Å². The molecule has 2 saturated heterocycles. The summed E-state index contributed by atoms with van der Waals surface area (Å²) < 4.78 is 0. The highest BCUT2D eigenvalue weighted by Gasteiger charge is 2.30. The molecule has 188 valence electrons. The molecule has 2 fully saturated rings. The van der Waals surface area contributed by atoms with Gasteiger partial charge in [-0.25, -0.2) is 0 Å². The van der Waals surface area contributed by atoms with Crippen LogP contribution in [0.4, 0.5) is 0 Å². The molecule has 0 aromatic heterocycles. The van der Waals surface area contributed by atoms with Crippen LogP contribution in [-0.4, -0.2) is 42.1 Å². The molecule has 1 aromatic rings. The van der Waals surface area contributed by atoms with E-state index in [9.17, 15) is 9.59 Å². The van der Waals surface area contributed by atoms with Crippen molar-refractivity contribution in [1.82, 2.24) is 15.5 Å². The van der Waals surface area contributed by atoms with Crippen molar-refractivity contribution >= 4 is 23.8 Å². The number of carbonyl (C=O) groups is 3. The Hall–Kier alpha value is -2.47. The lowest BCUT2D eigenvalue weighted by molar-refractivity contribution is -0.135. The summed E-state index contributed by atoms with van der Waals surface area (Å²) >= 11 is 0. The first-order chi connectivity index (χ1) is 16.2. The molecule has 2 atom stereocenters. The number of aldehydes is 1. The minimum atomic E-state index is -0.141. The number of hydrogen-bond acceptors (Lipinski definition) is 5. The molecule has 0 radical (unpaired) electrons. The summed E-state index contributed by atoms with van der Waals surface area (Å²) in [6, 6.07) is 5.51. The minimum absolute atomic E-state index is 0.0164. The van der Waals surface area contributed by atoms with Crippen molar-refractivity contribution in [1.29, 1.82) is 0 Å². The third-order valence-electron chi connectivity index (χ3n) is 7.09. The lowest BCUT2D eigenvalue weighted by atomic mass is 9.92. The Morgan fingerprint density at radius 3 is 2.41 bits per heavy atom. The molecule has 34 heavy (non-hydrogen) atoms. The number of imide groups is 1. The van der Waals surface area contributed by atoms with E-state index in [1.807, 2.05) is 6.92 Å². The van der Waals surface area contributed by atoms with Crippen molar-refractivity contribution in [3.05, 3.63) is 41.0 Å². The lowest BCUT2D eigenvalue weighted by Crippen LogP contribution is -2.39. The molecule has 3 aliphatic rings. The van der Waals surface area contributed by atoms with Gasteiger partial charge in [0.15, 0.2) is 0 Å². The van der Waals surface area contributed by atoms with Gasteiger partial charge in [-0.15, -0.1) is 0 Å². The van der Waals surface area contributed by atoms with Crippen molar-refractivity contribution in [2.75, 3.05) is 13.1 Å². The number of hydrogen-bond donors (Lipinski definition) is 2. The van der Waals surface area contributed by atoms with Crippen molar-refractivity contribution < 1.29 is 14.4 Å². The fraction of sp³-hybridized carbons (Fsp3) is 0.607. The van der Waals surface area contributed by atoms with Crippen LogP contribution in [0.2, 0.25) is 0 Å². The van der Waals surface area contributed by atoms with Gasteiger partial charge in [-0.3, -0.25) is 14.9 Å². The second-order valence-electron chi connectivity index (χ2n) is 9.80. The number of piperidine rings is 2. The highest BCUT2D eigenvalue weighted by Crippen LogP contribution is 2.37. The van der Waals surface area contributed by atoms with Gasteiger partial charge in [-0.05, 0) is 81.3 Å². The van der Waals surface area contributed by atoms with E-state index in [1.165, 1.54) is 60.6 Å². The quantitative estimate of drug-likeness (QED) is 0.505. The van der Waals surface area contributed by atoms with Crippen LogP contribution in [-0.2, 0) is 27.3 Å². The van der Waals surface area contributed by atoms with Gasteiger partial charge >= 0.3 is 0 Å². The maximum absolute atomic E-state index is 10.7. The number of fused-ring (bicyclic) bond motifs is 1. The molecule has 3 heterocycles. The molecule has 0 spiro atoms. The molecule has 4 rings (SSSR count). The highest BCUT2D eigenvalue weighted by atomic mass is 16.2. The third kappa shape index (κ3) is 7.52. The van der Waals surface area contributed by atoms with E-state index < -0.39 is 0 Å². The summed E-state index contributed by atoms with van der Waals surface area (Å²) in [4.78, 5) is 32.5. The lowest BCUT2D eigenvalue weighted by Gasteiger charge is -2.33. The fourth-order valence-corrected chi connectivity index (χ4v) is 4.65. The average Bonchev–Trinajstić information content (AvgIpc) is 3.13. The van der Waals surface area contributed by atoms with E-state index in [0.717, 1.165) is 31.8 Å². The number of benzene rings is 1. The van der Waals surface area contributed by atoms with Crippen molar-refractivity contribution in [3.63, 3.8) is 0 Å². The Labute approximate surface area is 205 Å². The Morgan fingerprint density at radius 2 is 1.85 bits per heavy atom. The standard InChI is InChI=1S/C20H30N2.C6H9NO2.C2H4O/c1-5-14(2)10-17-12-18-13-22(19-6-8-21-9-7-19)16(4)20(18)11-15(17)3;1-4-2-3-5(8)7-6(4)9;1-2-3/h11-12,14,19,21H,4-10,13H2,1-3H3;4H,2-3H2,1H3,(H,7,8,9);2H,1H3. The van der Waals surface area contributed by atoms with E-state index >= 15 is 0 Å². The smallest absolute Gasteiger partial charge is 0.229 e. The number of aryl methyl sites for hydroxylation is 1. The number of rotatable bonds is 4. The Bertz CT molecular complexity index is 874. The van der Waals surface area contributed by atoms with Crippen LogP contribution in [0.25, 0.3) is 5.70 Å². The van der Waals surface area contributed by atoms with Gasteiger partial charge in [0.25, 0.3) is 0 Å². The average molecular weight is 470 g/mol. The predicted molar refractivity (Wildman–Crippen MR) is 138 cm³/mol. The molecular formula is C28H43N3O3. The molecule has 2 unspecified atom stereocenters. The van der Waals surface area contributed by atoms with Gasteiger partial charge in [0.2, 0.25) is 11.8 Å². The van der Waals surface area contributed by atoms with Crippen LogP contribution in [0.5, 0.6) is 0 Å². The Balaban J connectivity index is 0.000000283. The number of carbonyl (C=O) groups excluding carboxylic acids is 3. The zero-order valence-corrected chi connectivity index (χ0v) is 21.7. The molecule has 3 aliphatic heterocycles. The molecular weight excluding hydrogens is 426 g/mol. The van der Waals surface area contributed by atoms with Crippen LogP contribution < -0.4 is 10.6 Å². The SMILES string of the molecule is C=C1c2cc(C)c(CC(C)CC)cc2CN1C1CCNCC1.CC1CCC(=O)NC1=O.CC=O. The van der Waals surface area contributed by atoms with Crippen LogP contribution >= 0.6 is 0 Å². The van der Waals surface area contributed by atoms with Crippen molar-refractivity contribution in [2.45, 2.75) is 85.7 Å². The monoisotopic (exact) mass is 469 g/mol. The second kappa shape index (κ2) is 13.4. The van der Waals surface area contributed by atoms with E-state index in [-0.39, 0.29) is 17.7 Å². The van der Waals surface area contributed by atoms with Gasteiger partial charge in [0.05, 0.1) is 0 Å². The Morgan fingerprint density at radius 1 is 1.21 bits per heavy atom. The van der Waals surface area contributed by atoms with Gasteiger partial charge in [0.1, 0.15) is 6.29 Å². The second-order valence-corrected chi connectivity index (χ2v) is 9.80. The first-order valence-electron chi connectivity index (χ1n) is 12.7. The fourth-order valence-electron chi connectivity index (χ4n) is 4.65. The van der Waals surface area contributed by atoms with Crippen LogP contribution in [0.15, 0.2) is 18.7 Å². The minimum Gasteiger partial charge on any atom is -0.364 e. The molecule has 0 saturated carbocycles. The van der Waals surface area contributed by atoms with Gasteiger partial charge < -0.3 is 15.0 Å². The molecule has 1 aromatic carbocycles. The molecule has 2 N–H and O–H groups in total. The molecule has 0 aliphatic carbocycles. The normalized spacial score (nSPS) is 20.9. The number of nitrogens with one attached hydrogen (secondary N) is 2. The first-order valence-corrected chi connectivity index (χ1v) is 12.7. The zero-order valence-electron chi connectivity index (χ0n) is 21.7. The number of amides is 2. The van der Waals surface area contributed by atoms with Gasteiger partial charge in [-0.2, -0.15) is 0 Å². The largest absolute Gasteiger partial charge is 0.364 e. The van der Waals surface area contributed by atoms with Crippen LogP contribution in [0, 0.1) is 18.8 Å². The highest BCUT2D eigenvalue weighted by molar-refractivity contribution is 5.98. The van der Waals surface area contributed by atoms with E-state index in [1.54, 1.807) is 0 Å². The van der Waals surface area contributed by atoms with Crippen LogP contribution in [0.3, 0.4) is 0 Å². The maximum Gasteiger partial charge on any atom is 0.229 e. The molecule has 6 heteroatoms. The summed E-state index contributed by atoms with van der Waals surface area (Å²) in [5, 5.41) is 5.72. The van der Waals surface area contributed by atoms with Crippen LogP contribution in [0.1, 0.15) is 82.1 Å². The molecule has 6 nitrogen and oxygen atoms in total. The van der Waals surface area contributed by atoms with Gasteiger partial charge in [-0.1, -0.05) is 39.8 Å². The molecule has 0 bridgehead atoms. The summed E-state index contributed by atoms with van der Waals surface area (Å²) in [6.07, 6.45) is 6.88. The third-order valence-corrected chi connectivity index (χ3v) is 7.09. The topological polar surface area (TPSA) is 78.5 Å². The first kappa shape index (κ1) is 27.8. The summed E-state index contributed by atoms with van der Waals surface area (Å²) in [6.45, 7) is 17.9.